The molecule has 106 valence electrons. The molecule has 19 heavy (non-hydrogen) atoms. The highest BCUT2D eigenvalue weighted by Crippen LogP contribution is 2.28. The standard InChI is InChI=1S/C10H17N5O2S2/c1-4-11-8(17)13-7(16)6(3)18-10-15-14-9(19-10)12-5-2/h6H,4-5H2,1-3H3,(H,12,14)(H2,11,13,16,17). The van der Waals surface area contributed by atoms with Crippen LogP contribution in [-0.2, 0) is 4.79 Å². The van der Waals surface area contributed by atoms with E-state index in [-0.39, 0.29) is 5.91 Å². The molecule has 1 aromatic rings. The van der Waals surface area contributed by atoms with Gasteiger partial charge in [0.25, 0.3) is 0 Å². The molecule has 1 atom stereocenters. The van der Waals surface area contributed by atoms with E-state index in [2.05, 4.69) is 26.1 Å². The van der Waals surface area contributed by atoms with Gasteiger partial charge in [0.2, 0.25) is 11.0 Å². The first-order chi connectivity index (χ1) is 9.06. The zero-order valence-electron chi connectivity index (χ0n) is 11.0. The molecule has 0 aliphatic rings. The third-order valence-electron chi connectivity index (χ3n) is 1.96. The molecule has 0 radical (unpaired) electrons. The third-order valence-corrected chi connectivity index (χ3v) is 4.02. The molecule has 1 unspecified atom stereocenters. The van der Waals surface area contributed by atoms with Crippen molar-refractivity contribution in [3.63, 3.8) is 0 Å². The van der Waals surface area contributed by atoms with E-state index in [4.69, 9.17) is 0 Å². The molecule has 0 aliphatic carbocycles. The van der Waals surface area contributed by atoms with Gasteiger partial charge in [0, 0.05) is 13.1 Å². The maximum Gasteiger partial charge on any atom is 0.321 e. The first-order valence-electron chi connectivity index (χ1n) is 5.89. The molecular formula is C10H17N5O2S2. The number of nitrogens with one attached hydrogen (secondary N) is 3. The number of amides is 3. The summed E-state index contributed by atoms with van der Waals surface area (Å²) in [5.41, 5.74) is 0. The average molecular weight is 303 g/mol. The number of hydrogen-bond acceptors (Lipinski definition) is 7. The van der Waals surface area contributed by atoms with Crippen LogP contribution in [0.5, 0.6) is 0 Å². The SMILES string of the molecule is CCNC(=O)NC(=O)C(C)Sc1nnc(NCC)s1. The molecule has 3 N–H and O–H groups in total. The van der Waals surface area contributed by atoms with Crippen LogP contribution < -0.4 is 16.0 Å². The Morgan fingerprint density at radius 3 is 2.68 bits per heavy atom. The molecule has 1 aromatic heterocycles. The number of nitrogens with zero attached hydrogens (tertiary/aromatic N) is 2. The Balaban J connectivity index is 2.46. The first kappa shape index (κ1) is 15.7. The highest BCUT2D eigenvalue weighted by atomic mass is 32.2. The van der Waals surface area contributed by atoms with E-state index in [1.54, 1.807) is 13.8 Å². The highest BCUT2D eigenvalue weighted by molar-refractivity contribution is 8.02. The van der Waals surface area contributed by atoms with E-state index >= 15 is 0 Å². The summed E-state index contributed by atoms with van der Waals surface area (Å²) in [7, 11) is 0. The maximum atomic E-state index is 11.7. The Kier molecular flexibility index (Phi) is 6.57. The zero-order chi connectivity index (χ0) is 14.3. The van der Waals surface area contributed by atoms with Gasteiger partial charge < -0.3 is 10.6 Å². The predicted molar refractivity (Wildman–Crippen MR) is 76.6 cm³/mol. The molecule has 0 aliphatic heterocycles. The fourth-order valence-corrected chi connectivity index (χ4v) is 3.07. The molecular weight excluding hydrogens is 286 g/mol. The van der Waals surface area contributed by atoms with Gasteiger partial charge in [-0.1, -0.05) is 23.1 Å². The smallest absolute Gasteiger partial charge is 0.321 e. The quantitative estimate of drug-likeness (QED) is 0.685. The van der Waals surface area contributed by atoms with Crippen molar-refractivity contribution in [2.45, 2.75) is 30.4 Å². The summed E-state index contributed by atoms with van der Waals surface area (Å²) in [6.45, 7) is 6.71. The van der Waals surface area contributed by atoms with Gasteiger partial charge in [0.1, 0.15) is 0 Å². The van der Waals surface area contributed by atoms with E-state index in [9.17, 15) is 9.59 Å². The lowest BCUT2D eigenvalue weighted by Gasteiger charge is -2.09. The summed E-state index contributed by atoms with van der Waals surface area (Å²) >= 11 is 2.65. The predicted octanol–water partition coefficient (Wildman–Crippen LogP) is 1.30. The number of aromatic nitrogens is 2. The number of rotatable bonds is 6. The highest BCUT2D eigenvalue weighted by Gasteiger charge is 2.18. The lowest BCUT2D eigenvalue weighted by molar-refractivity contribution is -0.119. The Morgan fingerprint density at radius 2 is 2.05 bits per heavy atom. The average Bonchev–Trinajstić information content (AvgIpc) is 2.77. The minimum Gasteiger partial charge on any atom is -0.360 e. The van der Waals surface area contributed by atoms with Crippen molar-refractivity contribution in [1.82, 2.24) is 20.8 Å². The van der Waals surface area contributed by atoms with Crippen molar-refractivity contribution >= 4 is 40.2 Å². The lowest BCUT2D eigenvalue weighted by atomic mass is 10.4. The van der Waals surface area contributed by atoms with Gasteiger partial charge in [0.05, 0.1) is 5.25 Å². The third kappa shape index (κ3) is 5.43. The number of anilines is 1. The number of hydrogen-bond donors (Lipinski definition) is 3. The fourth-order valence-electron chi connectivity index (χ4n) is 1.10. The lowest BCUT2D eigenvalue weighted by Crippen LogP contribution is -2.42. The molecule has 9 heteroatoms. The second-order valence-corrected chi connectivity index (χ2v) is 6.08. The molecule has 1 heterocycles. The van der Waals surface area contributed by atoms with E-state index < -0.39 is 11.3 Å². The maximum absolute atomic E-state index is 11.7. The normalized spacial score (nSPS) is 11.7. The number of carbonyl (C=O) groups is 2. The molecule has 7 nitrogen and oxygen atoms in total. The molecule has 0 saturated heterocycles. The van der Waals surface area contributed by atoms with Crippen LogP contribution in [-0.4, -0.2) is 40.5 Å². The minimum absolute atomic E-state index is 0.351. The molecule has 3 amide bonds. The van der Waals surface area contributed by atoms with Crippen LogP contribution in [0.1, 0.15) is 20.8 Å². The largest absolute Gasteiger partial charge is 0.360 e. The van der Waals surface area contributed by atoms with Crippen LogP contribution in [0.4, 0.5) is 9.93 Å². The van der Waals surface area contributed by atoms with E-state index in [0.717, 1.165) is 11.7 Å². The van der Waals surface area contributed by atoms with Gasteiger partial charge in [-0.25, -0.2) is 4.79 Å². The number of carbonyl (C=O) groups excluding carboxylic acids is 2. The summed E-state index contributed by atoms with van der Waals surface area (Å²) in [4.78, 5) is 22.9. The second kappa shape index (κ2) is 7.95. The Morgan fingerprint density at radius 1 is 1.32 bits per heavy atom. The summed E-state index contributed by atoms with van der Waals surface area (Å²) in [5.74, 6) is -0.351. The molecule has 1 rings (SSSR count). The van der Waals surface area contributed by atoms with Gasteiger partial charge in [-0.05, 0) is 20.8 Å². The van der Waals surface area contributed by atoms with Gasteiger partial charge in [0.15, 0.2) is 4.34 Å². The van der Waals surface area contributed by atoms with Crippen LogP contribution >= 0.6 is 23.1 Å². The Hall–Kier alpha value is -1.35. The number of thioether (sulfide) groups is 1. The van der Waals surface area contributed by atoms with E-state index in [1.165, 1.54) is 23.1 Å². The van der Waals surface area contributed by atoms with Crippen LogP contribution in [0.3, 0.4) is 0 Å². The monoisotopic (exact) mass is 303 g/mol. The molecule has 0 saturated carbocycles. The topological polar surface area (TPSA) is 96.0 Å². The Bertz CT molecular complexity index is 437. The van der Waals surface area contributed by atoms with Crippen molar-refractivity contribution in [3.05, 3.63) is 0 Å². The fraction of sp³-hybridized carbons (Fsp3) is 0.600. The summed E-state index contributed by atoms with van der Waals surface area (Å²) < 4.78 is 0.689. The van der Waals surface area contributed by atoms with Crippen LogP contribution in [0, 0.1) is 0 Å². The van der Waals surface area contributed by atoms with Crippen molar-refractivity contribution < 1.29 is 9.59 Å². The number of urea groups is 1. The van der Waals surface area contributed by atoms with E-state index in [1.807, 2.05) is 6.92 Å². The van der Waals surface area contributed by atoms with Crippen molar-refractivity contribution in [2.24, 2.45) is 0 Å². The van der Waals surface area contributed by atoms with Crippen LogP contribution in [0.2, 0.25) is 0 Å². The van der Waals surface area contributed by atoms with Gasteiger partial charge in [-0.15, -0.1) is 10.2 Å². The first-order valence-corrected chi connectivity index (χ1v) is 7.59. The van der Waals surface area contributed by atoms with Gasteiger partial charge in [-0.2, -0.15) is 0 Å². The second-order valence-electron chi connectivity index (χ2n) is 3.51. The Labute approximate surface area is 119 Å². The van der Waals surface area contributed by atoms with E-state index in [0.29, 0.717) is 10.9 Å². The summed E-state index contributed by atoms with van der Waals surface area (Å²) in [6, 6.07) is -0.481. The van der Waals surface area contributed by atoms with Crippen LogP contribution in [0.25, 0.3) is 0 Å². The zero-order valence-corrected chi connectivity index (χ0v) is 12.7. The van der Waals surface area contributed by atoms with Gasteiger partial charge >= 0.3 is 6.03 Å². The molecule has 0 fully saturated rings. The molecule has 0 bridgehead atoms. The summed E-state index contributed by atoms with van der Waals surface area (Å²) in [6.07, 6.45) is 0. The van der Waals surface area contributed by atoms with Crippen molar-refractivity contribution in [3.8, 4) is 0 Å². The van der Waals surface area contributed by atoms with Crippen molar-refractivity contribution in [1.29, 1.82) is 0 Å². The molecule has 0 spiro atoms. The molecule has 0 aromatic carbocycles. The minimum atomic E-state index is -0.481. The number of imide groups is 1. The van der Waals surface area contributed by atoms with Crippen molar-refractivity contribution in [2.75, 3.05) is 18.4 Å². The summed E-state index contributed by atoms with van der Waals surface area (Å²) in [5, 5.41) is 16.0. The van der Waals surface area contributed by atoms with Gasteiger partial charge in [-0.3, -0.25) is 10.1 Å². The van der Waals surface area contributed by atoms with Crippen LogP contribution in [0.15, 0.2) is 4.34 Å².